The molecule has 2 nitrogen and oxygen atoms in total. The molecule has 1 atom stereocenters. The van der Waals surface area contributed by atoms with Gasteiger partial charge in [-0.3, -0.25) is 0 Å². The van der Waals surface area contributed by atoms with Crippen molar-refractivity contribution in [1.82, 2.24) is 0 Å². The SMILES string of the molecule is C[SiH](C)OC(C=O)CCC(C)(C)C. The fraction of sp³-hybridized carbons (Fsp3) is 0.900. The molecule has 0 aliphatic heterocycles. The molecule has 0 aromatic carbocycles. The summed E-state index contributed by atoms with van der Waals surface area (Å²) in [5.74, 6) is 0. The summed E-state index contributed by atoms with van der Waals surface area (Å²) >= 11 is 0. The second-order valence-corrected chi connectivity index (χ2v) is 7.33. The minimum absolute atomic E-state index is 0.161. The molecule has 0 aromatic heterocycles. The fourth-order valence-electron chi connectivity index (χ4n) is 1.09. The van der Waals surface area contributed by atoms with Gasteiger partial charge in [0.2, 0.25) is 0 Å². The normalized spacial score (nSPS) is 14.6. The first-order valence-corrected chi connectivity index (χ1v) is 7.74. The van der Waals surface area contributed by atoms with Crippen LogP contribution in [-0.2, 0) is 9.22 Å². The van der Waals surface area contributed by atoms with Gasteiger partial charge in [-0.2, -0.15) is 0 Å². The van der Waals surface area contributed by atoms with E-state index in [-0.39, 0.29) is 6.10 Å². The highest BCUT2D eigenvalue weighted by atomic mass is 28.3. The molecule has 0 aliphatic rings. The largest absolute Gasteiger partial charge is 0.411 e. The molecule has 0 saturated carbocycles. The van der Waals surface area contributed by atoms with Gasteiger partial charge in [0.15, 0.2) is 9.04 Å². The van der Waals surface area contributed by atoms with Gasteiger partial charge in [-0.15, -0.1) is 0 Å². The van der Waals surface area contributed by atoms with Gasteiger partial charge in [0.25, 0.3) is 0 Å². The van der Waals surface area contributed by atoms with Crippen LogP contribution in [0, 0.1) is 5.41 Å². The van der Waals surface area contributed by atoms with Gasteiger partial charge < -0.3 is 9.22 Å². The molecular formula is C10H22O2Si. The molecule has 0 amide bonds. The Balaban J connectivity index is 3.79. The molecule has 0 radical (unpaired) electrons. The number of hydrogen-bond donors (Lipinski definition) is 0. The zero-order valence-corrected chi connectivity index (χ0v) is 10.6. The van der Waals surface area contributed by atoms with Gasteiger partial charge in [-0.05, 0) is 31.4 Å². The standard InChI is InChI=1S/C10H22O2Si/c1-10(2,3)7-6-9(8-11)12-13(4)5/h8-9,13H,6-7H2,1-5H3. The maximum atomic E-state index is 10.7. The summed E-state index contributed by atoms with van der Waals surface area (Å²) in [6.45, 7) is 10.7. The van der Waals surface area contributed by atoms with Crippen LogP contribution in [0.1, 0.15) is 33.6 Å². The van der Waals surface area contributed by atoms with Gasteiger partial charge in [0.05, 0.1) is 0 Å². The van der Waals surface area contributed by atoms with E-state index in [2.05, 4.69) is 33.9 Å². The molecule has 0 aromatic rings. The van der Waals surface area contributed by atoms with E-state index in [1.54, 1.807) is 0 Å². The zero-order chi connectivity index (χ0) is 10.5. The number of carbonyl (C=O) groups excluding carboxylic acids is 1. The Morgan fingerprint density at radius 2 is 1.92 bits per heavy atom. The summed E-state index contributed by atoms with van der Waals surface area (Å²) in [5, 5.41) is 0. The molecule has 0 aliphatic carbocycles. The highest BCUT2D eigenvalue weighted by Gasteiger charge is 2.15. The van der Waals surface area contributed by atoms with Crippen molar-refractivity contribution >= 4 is 15.3 Å². The lowest BCUT2D eigenvalue weighted by atomic mass is 9.89. The molecule has 0 bridgehead atoms. The number of hydrogen-bond acceptors (Lipinski definition) is 2. The molecule has 0 N–H and O–H groups in total. The highest BCUT2D eigenvalue weighted by Crippen LogP contribution is 2.22. The second kappa shape index (κ2) is 5.55. The Bertz CT molecular complexity index is 149. The van der Waals surface area contributed by atoms with E-state index in [9.17, 15) is 4.79 Å². The van der Waals surface area contributed by atoms with Crippen molar-refractivity contribution in [2.24, 2.45) is 5.41 Å². The molecule has 0 spiro atoms. The van der Waals surface area contributed by atoms with Crippen molar-refractivity contribution in [2.75, 3.05) is 0 Å². The molecule has 0 fully saturated rings. The van der Waals surface area contributed by atoms with E-state index in [0.29, 0.717) is 5.41 Å². The van der Waals surface area contributed by atoms with E-state index < -0.39 is 9.04 Å². The van der Waals surface area contributed by atoms with Crippen molar-refractivity contribution in [1.29, 1.82) is 0 Å². The van der Waals surface area contributed by atoms with Crippen LogP contribution in [0.4, 0.5) is 0 Å². The summed E-state index contributed by atoms with van der Waals surface area (Å²) in [5.41, 5.74) is 0.295. The van der Waals surface area contributed by atoms with Crippen LogP contribution < -0.4 is 0 Å². The second-order valence-electron chi connectivity index (χ2n) is 4.96. The average Bonchev–Trinajstić information content (AvgIpc) is 1.95. The van der Waals surface area contributed by atoms with Gasteiger partial charge in [0, 0.05) is 0 Å². The Hall–Kier alpha value is -0.153. The van der Waals surface area contributed by atoms with E-state index in [0.717, 1.165) is 19.1 Å². The van der Waals surface area contributed by atoms with Crippen LogP contribution >= 0.6 is 0 Å². The Labute approximate surface area is 83.4 Å². The minimum atomic E-state index is -1.06. The third-order valence-corrected chi connectivity index (χ3v) is 2.67. The first-order chi connectivity index (χ1) is 5.85. The van der Waals surface area contributed by atoms with Gasteiger partial charge >= 0.3 is 0 Å². The van der Waals surface area contributed by atoms with Gasteiger partial charge in [-0.25, -0.2) is 0 Å². The van der Waals surface area contributed by atoms with Crippen LogP contribution in [0.3, 0.4) is 0 Å². The third kappa shape index (κ3) is 8.18. The average molecular weight is 202 g/mol. The maximum Gasteiger partial charge on any atom is 0.171 e. The summed E-state index contributed by atoms with van der Waals surface area (Å²) in [4.78, 5) is 10.7. The van der Waals surface area contributed by atoms with Gasteiger partial charge in [-0.1, -0.05) is 20.8 Å². The predicted octanol–water partition coefficient (Wildman–Crippen LogP) is 2.38. The molecular weight excluding hydrogens is 180 g/mol. The van der Waals surface area contributed by atoms with Crippen molar-refractivity contribution in [3.8, 4) is 0 Å². The molecule has 13 heavy (non-hydrogen) atoms. The van der Waals surface area contributed by atoms with Gasteiger partial charge in [0.1, 0.15) is 12.4 Å². The van der Waals surface area contributed by atoms with E-state index in [1.165, 1.54) is 0 Å². The zero-order valence-electron chi connectivity index (χ0n) is 9.46. The first-order valence-electron chi connectivity index (χ1n) is 4.96. The number of carbonyl (C=O) groups is 1. The molecule has 0 heterocycles. The Kier molecular flexibility index (Phi) is 5.49. The molecule has 1 unspecified atom stereocenters. The topological polar surface area (TPSA) is 26.3 Å². The van der Waals surface area contributed by atoms with Crippen LogP contribution in [0.5, 0.6) is 0 Å². The van der Waals surface area contributed by atoms with E-state index in [1.807, 2.05) is 0 Å². The van der Waals surface area contributed by atoms with Crippen LogP contribution in [0.15, 0.2) is 0 Å². The predicted molar refractivity (Wildman–Crippen MR) is 58.5 cm³/mol. The lowest BCUT2D eigenvalue weighted by molar-refractivity contribution is -0.114. The first kappa shape index (κ1) is 12.8. The molecule has 78 valence electrons. The number of aldehydes is 1. The Morgan fingerprint density at radius 3 is 2.23 bits per heavy atom. The summed E-state index contributed by atoms with van der Waals surface area (Å²) < 4.78 is 5.57. The molecule has 0 rings (SSSR count). The minimum Gasteiger partial charge on any atom is -0.411 e. The summed E-state index contributed by atoms with van der Waals surface area (Å²) in [6.07, 6.45) is 2.68. The Morgan fingerprint density at radius 1 is 1.38 bits per heavy atom. The van der Waals surface area contributed by atoms with Crippen LogP contribution in [-0.4, -0.2) is 21.4 Å². The van der Waals surface area contributed by atoms with Crippen LogP contribution in [0.25, 0.3) is 0 Å². The summed E-state index contributed by atoms with van der Waals surface area (Å²) in [6, 6.07) is 0. The number of rotatable bonds is 5. The van der Waals surface area contributed by atoms with Crippen molar-refractivity contribution in [2.45, 2.75) is 52.8 Å². The highest BCUT2D eigenvalue weighted by molar-refractivity contribution is 6.48. The van der Waals surface area contributed by atoms with Crippen LogP contribution in [0.2, 0.25) is 13.1 Å². The maximum absolute atomic E-state index is 10.7. The van der Waals surface area contributed by atoms with Crippen molar-refractivity contribution in [3.63, 3.8) is 0 Å². The molecule has 0 saturated heterocycles. The monoisotopic (exact) mass is 202 g/mol. The van der Waals surface area contributed by atoms with E-state index in [4.69, 9.17) is 4.43 Å². The third-order valence-electron chi connectivity index (χ3n) is 1.78. The quantitative estimate of drug-likeness (QED) is 0.505. The fourth-order valence-corrected chi connectivity index (χ4v) is 1.99. The van der Waals surface area contributed by atoms with Crippen molar-refractivity contribution < 1.29 is 9.22 Å². The smallest absolute Gasteiger partial charge is 0.171 e. The lowest BCUT2D eigenvalue weighted by Gasteiger charge is -2.21. The van der Waals surface area contributed by atoms with E-state index >= 15 is 0 Å². The van der Waals surface area contributed by atoms with Crippen molar-refractivity contribution in [3.05, 3.63) is 0 Å². The lowest BCUT2D eigenvalue weighted by Crippen LogP contribution is -2.23. The molecule has 3 heteroatoms. The summed E-state index contributed by atoms with van der Waals surface area (Å²) in [7, 11) is -1.06.